The number of fused-ring (bicyclic) bond motifs is 1. The Hall–Kier alpha value is -4.38. The number of amides is 1. The number of carbonyl (C=O) groups excluding carboxylic acids is 1. The van der Waals surface area contributed by atoms with Crippen LogP contribution in [0.3, 0.4) is 0 Å². The Balaban J connectivity index is 1.79. The maximum atomic E-state index is 12.7. The number of aromatic amines is 3. The summed E-state index contributed by atoms with van der Waals surface area (Å²) in [7, 11) is 0. The van der Waals surface area contributed by atoms with E-state index >= 15 is 0 Å². The van der Waals surface area contributed by atoms with Gasteiger partial charge in [-0.25, -0.2) is 4.98 Å². The molecule has 0 radical (unpaired) electrons. The number of hydrogen-bond donors (Lipinski definition) is 4. The minimum atomic E-state index is -0.501. The van der Waals surface area contributed by atoms with Crippen LogP contribution in [0, 0.1) is 14.9 Å². The topological polar surface area (TPSA) is 150 Å². The van der Waals surface area contributed by atoms with Gasteiger partial charge in [-0.2, -0.15) is 0 Å². The van der Waals surface area contributed by atoms with Crippen LogP contribution in [-0.2, 0) is 0 Å². The molecule has 0 aliphatic heterocycles. The van der Waals surface area contributed by atoms with Crippen molar-refractivity contribution in [2.24, 2.45) is 0 Å². The van der Waals surface area contributed by atoms with E-state index in [0.717, 1.165) is 0 Å². The van der Waals surface area contributed by atoms with Crippen molar-refractivity contribution in [2.45, 2.75) is 0 Å². The molecule has 0 saturated carbocycles. The van der Waals surface area contributed by atoms with Gasteiger partial charge in [0.1, 0.15) is 5.52 Å². The van der Waals surface area contributed by atoms with Gasteiger partial charge in [0.25, 0.3) is 17.2 Å². The summed E-state index contributed by atoms with van der Waals surface area (Å²) in [5, 5.41) is 13.7. The average molecular weight is 434 g/mol. The Morgan fingerprint density at radius 2 is 1.77 bits per heavy atom. The summed E-state index contributed by atoms with van der Waals surface area (Å²) in [6.45, 7) is 0. The van der Waals surface area contributed by atoms with Crippen LogP contribution in [0.2, 0.25) is 0 Å². The number of hydrogen-bond acceptors (Lipinski definition) is 6. The number of imidazole rings is 1. The van der Waals surface area contributed by atoms with Gasteiger partial charge in [-0.1, -0.05) is 18.2 Å². The van der Waals surface area contributed by atoms with Crippen LogP contribution >= 0.6 is 12.2 Å². The van der Waals surface area contributed by atoms with Gasteiger partial charge in [-0.05, 0) is 48.1 Å². The highest BCUT2D eigenvalue weighted by atomic mass is 32.1. The smallest absolute Gasteiger partial charge is 0.277 e. The molecule has 0 atom stereocenters. The Bertz CT molecular complexity index is 1430. The fraction of sp³-hybridized carbons (Fsp3) is 0. The lowest BCUT2D eigenvalue weighted by Crippen LogP contribution is -2.22. The molecule has 0 fully saturated rings. The minimum Gasteiger partial charge on any atom is -0.331 e. The van der Waals surface area contributed by atoms with Crippen LogP contribution in [0.15, 0.2) is 59.4 Å². The first-order valence-electron chi connectivity index (χ1n) is 8.96. The van der Waals surface area contributed by atoms with Gasteiger partial charge in [0, 0.05) is 17.7 Å². The minimum absolute atomic E-state index is 0.0603. The molecule has 2 aromatic carbocycles. The summed E-state index contributed by atoms with van der Waals surface area (Å²) in [5.74, 6) is -0.184. The summed E-state index contributed by atoms with van der Waals surface area (Å²) in [6, 6.07) is 14.3. The maximum Gasteiger partial charge on any atom is 0.277 e. The molecule has 0 aliphatic rings. The summed E-state index contributed by atoms with van der Waals surface area (Å²) < 4.78 is 0.116. The van der Waals surface area contributed by atoms with Crippen molar-refractivity contribution in [1.29, 1.82) is 0 Å². The van der Waals surface area contributed by atoms with Gasteiger partial charge >= 0.3 is 0 Å². The molecule has 0 aliphatic carbocycles. The van der Waals surface area contributed by atoms with E-state index in [1.54, 1.807) is 36.4 Å². The first kappa shape index (κ1) is 19.9. The number of aromatic nitrogens is 4. The van der Waals surface area contributed by atoms with Crippen LogP contribution in [0.5, 0.6) is 0 Å². The molecular weight excluding hydrogens is 420 g/mol. The molecule has 0 bridgehead atoms. The molecule has 0 unspecified atom stereocenters. The summed E-state index contributed by atoms with van der Waals surface area (Å²) in [5.41, 5.74) is 1.13. The van der Waals surface area contributed by atoms with Crippen LogP contribution in [-0.4, -0.2) is 30.8 Å². The number of H-pyrrole nitrogens is 3. The molecule has 10 nitrogen and oxygen atoms in total. The highest BCUT2D eigenvalue weighted by molar-refractivity contribution is 7.71. The third kappa shape index (κ3) is 4.31. The molecule has 4 aromatic rings. The van der Waals surface area contributed by atoms with Crippen molar-refractivity contribution in [3.63, 3.8) is 0 Å². The van der Waals surface area contributed by atoms with Gasteiger partial charge in [0.15, 0.2) is 16.2 Å². The van der Waals surface area contributed by atoms with E-state index in [4.69, 9.17) is 12.2 Å². The molecule has 154 valence electrons. The third-order valence-corrected chi connectivity index (χ3v) is 4.55. The van der Waals surface area contributed by atoms with Crippen molar-refractivity contribution >= 4 is 46.7 Å². The maximum absolute atomic E-state index is 12.7. The zero-order valence-electron chi connectivity index (χ0n) is 15.7. The molecule has 31 heavy (non-hydrogen) atoms. The quantitative estimate of drug-likeness (QED) is 0.215. The predicted molar refractivity (Wildman–Crippen MR) is 117 cm³/mol. The standard InChI is InChI=1S/C20H14N6O4S/c27-18(12-4-2-1-3-5-12)21-14(10-11-6-8-13(9-7-11)26(29)30)16-22-15-17(23-16)24-20(31)25-19(15)28/h1-10H,(H,21,27)(H3,22,23,24,25,28,31). The lowest BCUT2D eigenvalue weighted by Gasteiger charge is -2.08. The van der Waals surface area contributed by atoms with Crippen LogP contribution in [0.4, 0.5) is 5.69 Å². The molecule has 2 aromatic heterocycles. The van der Waals surface area contributed by atoms with Gasteiger partial charge in [-0.3, -0.25) is 24.7 Å². The Morgan fingerprint density at radius 1 is 1.06 bits per heavy atom. The van der Waals surface area contributed by atoms with Crippen LogP contribution < -0.4 is 10.9 Å². The number of carbonyl (C=O) groups is 1. The normalized spacial score (nSPS) is 11.4. The molecule has 0 spiro atoms. The average Bonchev–Trinajstić information content (AvgIpc) is 3.18. The molecule has 1 amide bonds. The van der Waals surface area contributed by atoms with Gasteiger partial charge < -0.3 is 15.3 Å². The number of nitrogens with one attached hydrogen (secondary N) is 4. The second kappa shape index (κ2) is 8.16. The van der Waals surface area contributed by atoms with Gasteiger partial charge in [-0.15, -0.1) is 0 Å². The number of benzene rings is 2. The van der Waals surface area contributed by atoms with E-state index < -0.39 is 16.4 Å². The van der Waals surface area contributed by atoms with E-state index in [9.17, 15) is 19.7 Å². The number of non-ortho nitro benzene ring substituents is 1. The van der Waals surface area contributed by atoms with Crippen molar-refractivity contribution in [1.82, 2.24) is 25.3 Å². The highest BCUT2D eigenvalue weighted by Crippen LogP contribution is 2.19. The SMILES string of the molecule is O=C(NC(=Cc1ccc([N+](=O)[O-])cc1)c1nc2[nH]c(=S)[nH]c(=O)c2[nH]1)c1ccccc1. The van der Waals surface area contributed by atoms with Crippen LogP contribution in [0.25, 0.3) is 22.9 Å². The lowest BCUT2D eigenvalue weighted by atomic mass is 10.1. The molecule has 0 saturated heterocycles. The Kier molecular flexibility index (Phi) is 5.24. The van der Waals surface area contributed by atoms with Crippen molar-refractivity contribution in [3.05, 3.63) is 96.8 Å². The zero-order chi connectivity index (χ0) is 22.0. The first-order chi connectivity index (χ1) is 14.9. The Labute approximate surface area is 178 Å². The second-order valence-electron chi connectivity index (χ2n) is 6.44. The number of rotatable bonds is 5. The number of nitro groups is 1. The summed E-state index contributed by atoms with van der Waals surface area (Å²) in [4.78, 5) is 47.7. The largest absolute Gasteiger partial charge is 0.331 e. The Morgan fingerprint density at radius 3 is 2.45 bits per heavy atom. The second-order valence-corrected chi connectivity index (χ2v) is 6.85. The third-order valence-electron chi connectivity index (χ3n) is 4.34. The summed E-state index contributed by atoms with van der Waals surface area (Å²) >= 11 is 4.97. The summed E-state index contributed by atoms with van der Waals surface area (Å²) in [6.07, 6.45) is 1.59. The van der Waals surface area contributed by atoms with Crippen LogP contribution in [0.1, 0.15) is 21.7 Å². The van der Waals surface area contributed by atoms with Crippen molar-refractivity contribution in [3.8, 4) is 0 Å². The first-order valence-corrected chi connectivity index (χ1v) is 9.37. The molecule has 2 heterocycles. The number of nitro benzene ring substituents is 1. The lowest BCUT2D eigenvalue weighted by molar-refractivity contribution is -0.384. The van der Waals surface area contributed by atoms with Gasteiger partial charge in [0.2, 0.25) is 0 Å². The predicted octanol–water partition coefficient (Wildman–Crippen LogP) is 3.15. The zero-order valence-corrected chi connectivity index (χ0v) is 16.5. The fourth-order valence-corrected chi connectivity index (χ4v) is 3.06. The molecule has 4 rings (SSSR count). The fourth-order valence-electron chi connectivity index (χ4n) is 2.87. The van der Waals surface area contributed by atoms with E-state index in [-0.39, 0.29) is 33.1 Å². The molecular formula is C20H14N6O4S. The van der Waals surface area contributed by atoms with E-state index in [1.807, 2.05) is 0 Å². The number of nitrogens with zero attached hydrogens (tertiary/aromatic N) is 2. The van der Waals surface area contributed by atoms with E-state index in [1.165, 1.54) is 24.3 Å². The van der Waals surface area contributed by atoms with Gasteiger partial charge in [0.05, 0.1) is 10.6 Å². The van der Waals surface area contributed by atoms with E-state index in [2.05, 4.69) is 25.3 Å². The van der Waals surface area contributed by atoms with Crippen molar-refractivity contribution in [2.75, 3.05) is 0 Å². The monoisotopic (exact) mass is 434 g/mol. The van der Waals surface area contributed by atoms with E-state index in [0.29, 0.717) is 11.1 Å². The molecule has 4 N–H and O–H groups in total. The highest BCUT2D eigenvalue weighted by Gasteiger charge is 2.15. The molecule has 11 heteroatoms. The van der Waals surface area contributed by atoms with Crippen molar-refractivity contribution < 1.29 is 9.72 Å².